The first-order valence-electron chi connectivity index (χ1n) is 6.35. The fourth-order valence-corrected chi connectivity index (χ4v) is 2.37. The molecular formula is C16H21N3. The van der Waals surface area contributed by atoms with Crippen molar-refractivity contribution in [2.24, 2.45) is 0 Å². The van der Waals surface area contributed by atoms with Gasteiger partial charge in [0.05, 0.1) is 17.1 Å². The second kappa shape index (κ2) is 5.22. The highest BCUT2D eigenvalue weighted by Crippen LogP contribution is 2.41. The van der Waals surface area contributed by atoms with Crippen LogP contribution in [0.2, 0.25) is 0 Å². The molecule has 0 aliphatic carbocycles. The SMILES string of the molecule is CN(C)c1c(N)ccc(-c2ccccc2)c1N(C)C. The average Bonchev–Trinajstić information content (AvgIpc) is 2.38. The fourth-order valence-electron chi connectivity index (χ4n) is 2.37. The molecule has 3 nitrogen and oxygen atoms in total. The van der Waals surface area contributed by atoms with Crippen molar-refractivity contribution in [3.63, 3.8) is 0 Å². The number of nitrogens with zero attached hydrogens (tertiary/aromatic N) is 2. The van der Waals surface area contributed by atoms with Crippen molar-refractivity contribution in [3.05, 3.63) is 42.5 Å². The molecule has 0 aliphatic heterocycles. The third-order valence-corrected chi connectivity index (χ3v) is 3.16. The molecule has 2 aromatic rings. The first-order valence-corrected chi connectivity index (χ1v) is 6.35. The molecule has 0 amide bonds. The van der Waals surface area contributed by atoms with E-state index in [0.29, 0.717) is 0 Å². The van der Waals surface area contributed by atoms with Crippen LogP contribution < -0.4 is 15.5 Å². The lowest BCUT2D eigenvalue weighted by atomic mass is 10.0. The van der Waals surface area contributed by atoms with E-state index in [2.05, 4.69) is 40.1 Å². The van der Waals surface area contributed by atoms with Crippen LogP contribution in [0.1, 0.15) is 0 Å². The molecule has 0 saturated heterocycles. The second-order valence-electron chi connectivity index (χ2n) is 5.05. The first-order chi connectivity index (χ1) is 9.02. The van der Waals surface area contributed by atoms with E-state index in [1.165, 1.54) is 11.1 Å². The Morgan fingerprint density at radius 2 is 1.32 bits per heavy atom. The summed E-state index contributed by atoms with van der Waals surface area (Å²) < 4.78 is 0. The normalized spacial score (nSPS) is 10.3. The van der Waals surface area contributed by atoms with Crippen molar-refractivity contribution < 1.29 is 0 Å². The summed E-state index contributed by atoms with van der Waals surface area (Å²) in [5, 5.41) is 0. The standard InChI is InChI=1S/C16H21N3/c1-18(2)15-13(12-8-6-5-7-9-12)10-11-14(17)16(15)19(3)4/h5-11H,17H2,1-4H3. The number of benzene rings is 2. The van der Waals surface area contributed by atoms with Crippen molar-refractivity contribution in [3.8, 4) is 11.1 Å². The van der Waals surface area contributed by atoms with E-state index in [0.717, 1.165) is 17.1 Å². The molecular weight excluding hydrogens is 234 g/mol. The van der Waals surface area contributed by atoms with E-state index in [-0.39, 0.29) is 0 Å². The molecule has 0 unspecified atom stereocenters. The van der Waals surface area contributed by atoms with Crippen LogP contribution in [0.5, 0.6) is 0 Å². The third kappa shape index (κ3) is 2.50. The summed E-state index contributed by atoms with van der Waals surface area (Å²) >= 11 is 0. The highest BCUT2D eigenvalue weighted by Gasteiger charge is 2.16. The molecule has 0 saturated carbocycles. The van der Waals surface area contributed by atoms with Gasteiger partial charge in [0.15, 0.2) is 0 Å². The van der Waals surface area contributed by atoms with Gasteiger partial charge >= 0.3 is 0 Å². The first kappa shape index (κ1) is 13.3. The molecule has 0 fully saturated rings. The molecule has 2 rings (SSSR count). The average molecular weight is 255 g/mol. The number of nitrogen functional groups attached to an aromatic ring is 1. The van der Waals surface area contributed by atoms with E-state index < -0.39 is 0 Å². The van der Waals surface area contributed by atoms with Crippen molar-refractivity contribution >= 4 is 17.1 Å². The van der Waals surface area contributed by atoms with Gasteiger partial charge in [0, 0.05) is 33.8 Å². The molecule has 0 aromatic heterocycles. The molecule has 0 atom stereocenters. The number of anilines is 3. The summed E-state index contributed by atoms with van der Waals surface area (Å²) in [6.07, 6.45) is 0. The molecule has 0 heterocycles. The van der Waals surface area contributed by atoms with E-state index in [1.54, 1.807) is 0 Å². The maximum absolute atomic E-state index is 6.14. The highest BCUT2D eigenvalue weighted by atomic mass is 15.1. The molecule has 2 N–H and O–H groups in total. The van der Waals surface area contributed by atoms with Crippen LogP contribution in [0.4, 0.5) is 17.1 Å². The van der Waals surface area contributed by atoms with Gasteiger partial charge in [-0.1, -0.05) is 36.4 Å². The number of rotatable bonds is 3. The van der Waals surface area contributed by atoms with E-state index in [1.807, 2.05) is 40.3 Å². The van der Waals surface area contributed by atoms with Crippen LogP contribution in [0.25, 0.3) is 11.1 Å². The van der Waals surface area contributed by atoms with E-state index in [9.17, 15) is 0 Å². The zero-order valence-corrected chi connectivity index (χ0v) is 12.0. The van der Waals surface area contributed by atoms with Gasteiger partial charge in [-0.2, -0.15) is 0 Å². The second-order valence-corrected chi connectivity index (χ2v) is 5.05. The van der Waals surface area contributed by atoms with Crippen LogP contribution in [0.3, 0.4) is 0 Å². The van der Waals surface area contributed by atoms with Crippen molar-refractivity contribution in [2.45, 2.75) is 0 Å². The lowest BCUT2D eigenvalue weighted by Crippen LogP contribution is -2.19. The van der Waals surface area contributed by atoms with Gasteiger partial charge in [0.2, 0.25) is 0 Å². The monoisotopic (exact) mass is 255 g/mol. The Kier molecular flexibility index (Phi) is 3.65. The van der Waals surface area contributed by atoms with Gasteiger partial charge in [-0.15, -0.1) is 0 Å². The Hall–Kier alpha value is -2.16. The molecule has 100 valence electrons. The minimum Gasteiger partial charge on any atom is -0.397 e. The zero-order valence-electron chi connectivity index (χ0n) is 12.0. The van der Waals surface area contributed by atoms with Crippen LogP contribution in [0.15, 0.2) is 42.5 Å². The quantitative estimate of drug-likeness (QED) is 0.856. The largest absolute Gasteiger partial charge is 0.397 e. The molecule has 0 radical (unpaired) electrons. The minimum atomic E-state index is 0.799. The summed E-state index contributed by atoms with van der Waals surface area (Å²) in [6, 6.07) is 14.5. The molecule has 2 aromatic carbocycles. The predicted octanol–water partition coefficient (Wildman–Crippen LogP) is 3.07. The van der Waals surface area contributed by atoms with Crippen LogP contribution in [-0.4, -0.2) is 28.2 Å². The Labute approximate surface area is 115 Å². The Balaban J connectivity index is 2.72. The van der Waals surface area contributed by atoms with Crippen LogP contribution >= 0.6 is 0 Å². The van der Waals surface area contributed by atoms with Gasteiger partial charge in [-0.05, 0) is 11.6 Å². The Bertz CT molecular complexity index is 560. The summed E-state index contributed by atoms with van der Waals surface area (Å²) in [7, 11) is 8.14. The molecule has 3 heteroatoms. The smallest absolute Gasteiger partial charge is 0.0838 e. The Morgan fingerprint density at radius 3 is 1.84 bits per heavy atom. The van der Waals surface area contributed by atoms with Crippen molar-refractivity contribution in [1.82, 2.24) is 0 Å². The predicted molar refractivity (Wildman–Crippen MR) is 84.9 cm³/mol. The zero-order chi connectivity index (χ0) is 14.0. The highest BCUT2D eigenvalue weighted by molar-refractivity contribution is 5.94. The van der Waals surface area contributed by atoms with Crippen LogP contribution in [0, 0.1) is 0 Å². The maximum atomic E-state index is 6.14. The van der Waals surface area contributed by atoms with Crippen molar-refractivity contribution in [1.29, 1.82) is 0 Å². The molecule has 0 aliphatic rings. The van der Waals surface area contributed by atoms with E-state index in [4.69, 9.17) is 5.73 Å². The summed E-state index contributed by atoms with van der Waals surface area (Å²) in [4.78, 5) is 4.19. The van der Waals surface area contributed by atoms with Gasteiger partial charge in [-0.3, -0.25) is 0 Å². The lowest BCUT2D eigenvalue weighted by molar-refractivity contribution is 1.08. The summed E-state index contributed by atoms with van der Waals surface area (Å²) in [6.45, 7) is 0. The summed E-state index contributed by atoms with van der Waals surface area (Å²) in [5.74, 6) is 0. The third-order valence-electron chi connectivity index (χ3n) is 3.16. The molecule has 0 spiro atoms. The van der Waals surface area contributed by atoms with Crippen LogP contribution in [-0.2, 0) is 0 Å². The van der Waals surface area contributed by atoms with Crippen molar-refractivity contribution in [2.75, 3.05) is 43.7 Å². The number of hydrogen-bond donors (Lipinski definition) is 1. The fraction of sp³-hybridized carbons (Fsp3) is 0.250. The van der Waals surface area contributed by atoms with Gasteiger partial charge < -0.3 is 15.5 Å². The molecule has 19 heavy (non-hydrogen) atoms. The lowest BCUT2D eigenvalue weighted by Gasteiger charge is -2.27. The molecule has 0 bridgehead atoms. The summed E-state index contributed by atoms with van der Waals surface area (Å²) in [5.41, 5.74) is 11.5. The minimum absolute atomic E-state index is 0.799. The maximum Gasteiger partial charge on any atom is 0.0838 e. The number of hydrogen-bond acceptors (Lipinski definition) is 3. The topological polar surface area (TPSA) is 32.5 Å². The van der Waals surface area contributed by atoms with Gasteiger partial charge in [0.25, 0.3) is 0 Å². The Morgan fingerprint density at radius 1 is 0.737 bits per heavy atom. The number of nitrogens with two attached hydrogens (primary N) is 1. The van der Waals surface area contributed by atoms with E-state index >= 15 is 0 Å². The van der Waals surface area contributed by atoms with Gasteiger partial charge in [0.1, 0.15) is 0 Å². The van der Waals surface area contributed by atoms with Gasteiger partial charge in [-0.25, -0.2) is 0 Å².